The van der Waals surface area contributed by atoms with Gasteiger partial charge in [-0.2, -0.15) is 0 Å². The van der Waals surface area contributed by atoms with Gasteiger partial charge in [0.15, 0.2) is 11.5 Å². The van der Waals surface area contributed by atoms with Crippen LogP contribution in [0.3, 0.4) is 0 Å². The number of esters is 1. The van der Waals surface area contributed by atoms with E-state index in [0.29, 0.717) is 36.1 Å². The van der Waals surface area contributed by atoms with Crippen LogP contribution in [0.5, 0.6) is 11.5 Å². The molecule has 1 saturated heterocycles. The summed E-state index contributed by atoms with van der Waals surface area (Å²) in [5.41, 5.74) is 4.45. The number of amides is 1. The average Bonchev–Trinajstić information content (AvgIpc) is 3.58. The number of aromatic hydroxyl groups is 1. The Hall–Kier alpha value is -3.32. The highest BCUT2D eigenvalue weighted by Crippen LogP contribution is 2.64. The third-order valence-corrected chi connectivity index (χ3v) is 10.8. The Labute approximate surface area is 254 Å². The van der Waals surface area contributed by atoms with Crippen LogP contribution in [-0.4, -0.2) is 70.7 Å². The van der Waals surface area contributed by atoms with E-state index >= 15 is 0 Å². The van der Waals surface area contributed by atoms with Gasteiger partial charge >= 0.3 is 5.97 Å². The number of hydrogen-bond donors (Lipinski definition) is 1. The predicted octanol–water partition coefficient (Wildman–Crippen LogP) is 5.26. The fourth-order valence-electron chi connectivity index (χ4n) is 9.03. The van der Waals surface area contributed by atoms with Gasteiger partial charge in [-0.25, -0.2) is 0 Å². The molecule has 5 aliphatic rings. The van der Waals surface area contributed by atoms with Crippen molar-refractivity contribution in [2.24, 2.45) is 17.8 Å². The average molecular weight is 585 g/mol. The lowest BCUT2D eigenvalue weighted by molar-refractivity contribution is -0.142. The lowest BCUT2D eigenvalue weighted by Crippen LogP contribution is -2.69. The molecular formula is C36H44N2O5. The first-order valence-electron chi connectivity index (χ1n) is 16.1. The number of carbonyl (C=O) groups excluding carboxylic acids is 2. The topological polar surface area (TPSA) is 79.3 Å². The van der Waals surface area contributed by atoms with Crippen molar-refractivity contribution in [2.75, 3.05) is 19.6 Å². The zero-order valence-electron chi connectivity index (χ0n) is 25.8. The molecule has 2 saturated carbocycles. The van der Waals surface area contributed by atoms with Gasteiger partial charge in [0.25, 0.3) is 0 Å². The van der Waals surface area contributed by atoms with Crippen LogP contribution < -0.4 is 4.74 Å². The van der Waals surface area contributed by atoms with Crippen molar-refractivity contribution in [2.45, 2.75) is 89.5 Å². The van der Waals surface area contributed by atoms with Gasteiger partial charge in [-0.1, -0.05) is 49.7 Å². The fourth-order valence-corrected chi connectivity index (χ4v) is 9.03. The van der Waals surface area contributed by atoms with Gasteiger partial charge in [0.05, 0.1) is 6.04 Å². The SMILES string of the molecule is CC(=O)OC1CC1CN1CC[C@]23c4c5ccc(O)c4O[C@H]2[C@H](N(CC(C)C)C(=O)C=Cc2cccc(C)c2)CC[C@H]3[C@H]1C5. The number of piperidine rings is 1. The number of carbonyl (C=O) groups is 2. The summed E-state index contributed by atoms with van der Waals surface area (Å²) in [7, 11) is 0. The van der Waals surface area contributed by atoms with E-state index in [9.17, 15) is 14.7 Å². The van der Waals surface area contributed by atoms with Crippen molar-refractivity contribution in [3.63, 3.8) is 0 Å². The molecule has 7 nitrogen and oxygen atoms in total. The molecule has 2 aliphatic heterocycles. The molecule has 0 aromatic heterocycles. The van der Waals surface area contributed by atoms with Crippen LogP contribution in [0.2, 0.25) is 0 Å². The van der Waals surface area contributed by atoms with Gasteiger partial charge < -0.3 is 19.5 Å². The first kappa shape index (κ1) is 28.5. The minimum absolute atomic E-state index is 0.0223. The van der Waals surface area contributed by atoms with Crippen molar-refractivity contribution in [3.8, 4) is 11.5 Å². The highest BCUT2D eigenvalue weighted by atomic mass is 16.5. The van der Waals surface area contributed by atoms with Crippen LogP contribution in [0, 0.1) is 24.7 Å². The summed E-state index contributed by atoms with van der Waals surface area (Å²) < 4.78 is 12.4. The molecule has 1 spiro atoms. The number of aryl methyl sites for hydroxylation is 1. The van der Waals surface area contributed by atoms with E-state index in [1.54, 1.807) is 12.1 Å². The second-order valence-corrected chi connectivity index (χ2v) is 14.1. The molecule has 2 bridgehead atoms. The number of nitrogens with zero attached hydrogens (tertiary/aromatic N) is 2. The number of phenols is 1. The van der Waals surface area contributed by atoms with Gasteiger partial charge in [-0.05, 0) is 80.7 Å². The van der Waals surface area contributed by atoms with Crippen molar-refractivity contribution in [1.82, 2.24) is 9.80 Å². The third kappa shape index (κ3) is 4.84. The molecule has 2 aromatic carbocycles. The number of likely N-dealkylation sites (tertiary alicyclic amines) is 1. The molecular weight excluding hydrogens is 540 g/mol. The maximum Gasteiger partial charge on any atom is 0.302 e. The second kappa shape index (κ2) is 10.7. The molecule has 1 N–H and O–H groups in total. The lowest BCUT2D eigenvalue weighted by Gasteiger charge is -2.60. The molecule has 2 unspecified atom stereocenters. The van der Waals surface area contributed by atoms with Crippen LogP contribution in [0.25, 0.3) is 6.08 Å². The maximum absolute atomic E-state index is 14.0. The molecule has 43 heavy (non-hydrogen) atoms. The number of hydrogen-bond acceptors (Lipinski definition) is 6. The van der Waals surface area contributed by atoms with E-state index in [1.807, 2.05) is 18.2 Å². The maximum atomic E-state index is 14.0. The highest BCUT2D eigenvalue weighted by Gasteiger charge is 2.67. The first-order valence-corrected chi connectivity index (χ1v) is 16.1. The van der Waals surface area contributed by atoms with Crippen molar-refractivity contribution >= 4 is 18.0 Å². The van der Waals surface area contributed by atoms with Crippen LogP contribution in [0.1, 0.15) is 68.7 Å². The minimum atomic E-state index is -0.222. The number of benzene rings is 2. The normalized spacial score (nSPS) is 31.9. The summed E-state index contributed by atoms with van der Waals surface area (Å²) >= 11 is 0. The quantitative estimate of drug-likeness (QED) is 0.337. The largest absolute Gasteiger partial charge is 0.504 e. The van der Waals surface area contributed by atoms with Crippen LogP contribution >= 0.6 is 0 Å². The van der Waals surface area contributed by atoms with Crippen molar-refractivity contribution in [1.29, 1.82) is 0 Å². The second-order valence-electron chi connectivity index (χ2n) is 14.1. The third-order valence-electron chi connectivity index (χ3n) is 10.8. The molecule has 7 atom stereocenters. The van der Waals surface area contributed by atoms with Crippen LogP contribution in [-0.2, 0) is 26.2 Å². The van der Waals surface area contributed by atoms with Crippen molar-refractivity contribution in [3.05, 3.63) is 64.7 Å². The smallest absolute Gasteiger partial charge is 0.302 e. The van der Waals surface area contributed by atoms with Gasteiger partial charge in [0, 0.05) is 49.0 Å². The van der Waals surface area contributed by atoms with Crippen molar-refractivity contribution < 1.29 is 24.2 Å². The summed E-state index contributed by atoms with van der Waals surface area (Å²) in [6, 6.07) is 12.4. The van der Waals surface area contributed by atoms with E-state index in [2.05, 4.69) is 48.8 Å². The predicted molar refractivity (Wildman–Crippen MR) is 165 cm³/mol. The zero-order valence-corrected chi connectivity index (χ0v) is 25.8. The summed E-state index contributed by atoms with van der Waals surface area (Å²) in [4.78, 5) is 30.2. The lowest BCUT2D eigenvalue weighted by atomic mass is 9.51. The minimum Gasteiger partial charge on any atom is -0.504 e. The van der Waals surface area contributed by atoms with E-state index in [1.165, 1.54) is 23.6 Å². The summed E-state index contributed by atoms with van der Waals surface area (Å²) in [6.45, 7) is 10.4. The Balaban J connectivity index is 1.20. The molecule has 7 rings (SSSR count). The first-order chi connectivity index (χ1) is 20.7. The molecule has 2 aromatic rings. The highest BCUT2D eigenvalue weighted by molar-refractivity contribution is 5.92. The standard InChI is InChI=1S/C36H44N2O5/c1-21(2)19-38(32(41)13-8-24-7-5-6-22(3)16-24)28-11-10-27-29-17-25-9-12-30(40)34-33(25)36(27,35(28)43-34)14-15-37(29)20-26-18-31(26)42-23(4)39/h5-9,12-13,16,21,26-29,31,35,40H,10-11,14-15,17-20H2,1-4H3/t26?,27-,28+,29+,31?,35-,36-/m0/s1. The van der Waals surface area contributed by atoms with E-state index < -0.39 is 0 Å². The summed E-state index contributed by atoms with van der Waals surface area (Å²) in [5.74, 6) is 1.80. The van der Waals surface area contributed by atoms with Gasteiger partial charge in [-0.3, -0.25) is 14.5 Å². The Kier molecular flexibility index (Phi) is 7.07. The molecule has 1 amide bonds. The number of ether oxygens (including phenoxy) is 2. The summed E-state index contributed by atoms with van der Waals surface area (Å²) in [6.07, 6.45) is 8.23. The molecule has 2 heterocycles. The Morgan fingerprint density at radius 2 is 2.07 bits per heavy atom. The molecule has 3 fully saturated rings. The fraction of sp³-hybridized carbons (Fsp3) is 0.556. The Morgan fingerprint density at radius 3 is 2.84 bits per heavy atom. The number of rotatable bonds is 8. The van der Waals surface area contributed by atoms with Crippen LogP contribution in [0.15, 0.2) is 42.5 Å². The molecule has 228 valence electrons. The zero-order chi connectivity index (χ0) is 30.0. The Morgan fingerprint density at radius 1 is 1.23 bits per heavy atom. The summed E-state index contributed by atoms with van der Waals surface area (Å²) in [5, 5.41) is 11.0. The van der Waals surface area contributed by atoms with Gasteiger partial charge in [0.1, 0.15) is 12.2 Å². The molecule has 0 radical (unpaired) electrons. The van der Waals surface area contributed by atoms with E-state index in [-0.39, 0.29) is 41.3 Å². The van der Waals surface area contributed by atoms with E-state index in [4.69, 9.17) is 9.47 Å². The number of phenolic OH excluding ortho intramolecular Hbond substituents is 1. The molecule has 7 heteroatoms. The Bertz CT molecular complexity index is 1470. The van der Waals surface area contributed by atoms with Gasteiger partial charge in [0.2, 0.25) is 5.91 Å². The van der Waals surface area contributed by atoms with E-state index in [0.717, 1.165) is 50.8 Å². The van der Waals surface area contributed by atoms with Gasteiger partial charge in [-0.15, -0.1) is 0 Å². The monoisotopic (exact) mass is 584 g/mol. The molecule has 3 aliphatic carbocycles. The van der Waals surface area contributed by atoms with Crippen LogP contribution in [0.4, 0.5) is 0 Å².